The van der Waals surface area contributed by atoms with Crippen molar-refractivity contribution in [1.29, 1.82) is 0 Å². The predicted octanol–water partition coefficient (Wildman–Crippen LogP) is 3.97. The molecule has 0 fully saturated rings. The molecule has 0 aliphatic heterocycles. The van der Waals surface area contributed by atoms with Crippen LogP contribution in [0.3, 0.4) is 0 Å². The van der Waals surface area contributed by atoms with Gasteiger partial charge in [0.15, 0.2) is 0 Å². The van der Waals surface area contributed by atoms with Crippen molar-refractivity contribution in [1.82, 2.24) is 4.31 Å². The van der Waals surface area contributed by atoms with Crippen LogP contribution in [0, 0.1) is 0 Å². The van der Waals surface area contributed by atoms with Crippen LogP contribution in [-0.2, 0) is 16.5 Å². The normalized spacial score (nSPS) is 10.1. The van der Waals surface area contributed by atoms with E-state index >= 15 is 0 Å². The van der Waals surface area contributed by atoms with Gasteiger partial charge in [-0.1, -0.05) is 30.3 Å². The molecule has 0 unspecified atom stereocenters. The van der Waals surface area contributed by atoms with E-state index in [1.807, 2.05) is 36.6 Å². The third kappa shape index (κ3) is 5.29. The molecular weight excluding hydrogens is 361 g/mol. The number of carbonyl (C=O) groups excluding carboxylic acids is 2. The summed E-state index contributed by atoms with van der Waals surface area (Å²) in [6, 6.07) is 15.7. The molecular formula is C16H15NNiO2S2+2. The van der Waals surface area contributed by atoms with E-state index in [9.17, 15) is 9.59 Å². The molecule has 0 radical (unpaired) electrons. The molecule has 0 aromatic heterocycles. The third-order valence-corrected chi connectivity index (χ3v) is 5.17. The smallest absolute Gasteiger partial charge is 0.285 e. The summed E-state index contributed by atoms with van der Waals surface area (Å²) in [7, 11) is 7.13. The maximum atomic E-state index is 12.2. The molecule has 0 atom stereocenters. The zero-order chi connectivity index (χ0) is 15.2. The van der Waals surface area contributed by atoms with Crippen LogP contribution in [0.15, 0.2) is 59.5 Å². The largest absolute Gasteiger partial charge is 2.00 e. The number of ketones is 2. The van der Waals surface area contributed by atoms with Crippen LogP contribution in [-0.4, -0.2) is 30.0 Å². The molecule has 0 heterocycles. The maximum absolute atomic E-state index is 12.2. The Labute approximate surface area is 148 Å². The van der Waals surface area contributed by atoms with E-state index in [1.165, 1.54) is 0 Å². The second kappa shape index (κ2) is 9.16. The van der Waals surface area contributed by atoms with Gasteiger partial charge in [-0.25, -0.2) is 4.31 Å². The molecule has 2 aromatic rings. The van der Waals surface area contributed by atoms with Gasteiger partial charge in [0, 0.05) is 16.0 Å². The van der Waals surface area contributed by atoms with Gasteiger partial charge in [-0.2, -0.15) is 0 Å². The minimum atomic E-state index is -0.474. The van der Waals surface area contributed by atoms with Crippen LogP contribution in [0.2, 0.25) is 0 Å². The fourth-order valence-electron chi connectivity index (χ4n) is 1.63. The Hall–Kier alpha value is -1.07. The first-order valence-corrected chi connectivity index (χ1v) is 8.44. The first kappa shape index (κ1) is 19.0. The Balaban J connectivity index is 0.00000242. The molecule has 0 bridgehead atoms. The van der Waals surface area contributed by atoms with Crippen molar-refractivity contribution in [3.8, 4) is 0 Å². The van der Waals surface area contributed by atoms with Gasteiger partial charge in [-0.15, -0.1) is 0 Å². The Morgan fingerprint density at radius 1 is 0.818 bits per heavy atom. The van der Waals surface area contributed by atoms with Crippen LogP contribution in [0.1, 0.15) is 20.7 Å². The first-order valence-electron chi connectivity index (χ1n) is 6.34. The second-order valence-electron chi connectivity index (χ2n) is 4.52. The molecule has 2 aromatic carbocycles. The van der Waals surface area contributed by atoms with Crippen LogP contribution in [0.25, 0.3) is 0 Å². The van der Waals surface area contributed by atoms with Crippen molar-refractivity contribution >= 4 is 33.3 Å². The molecule has 0 amide bonds. The molecule has 0 saturated heterocycles. The molecule has 22 heavy (non-hydrogen) atoms. The fraction of sp³-hybridized carbons (Fsp3) is 0.125. The number of nitrogens with zero attached hydrogens (tertiary/aromatic N) is 1. The number of Topliss-reactive ketones (excluding diaryl/α,β-unsaturated/α-hetero) is 2. The van der Waals surface area contributed by atoms with Gasteiger partial charge in [0.05, 0.1) is 0 Å². The number of carbonyl (C=O) groups is 2. The molecule has 0 spiro atoms. The topological polar surface area (TPSA) is 37.4 Å². The molecule has 116 valence electrons. The monoisotopic (exact) mass is 375 g/mol. The second-order valence-corrected chi connectivity index (χ2v) is 6.98. The van der Waals surface area contributed by atoms with E-state index in [0.717, 1.165) is 4.90 Å². The van der Waals surface area contributed by atoms with Crippen molar-refractivity contribution in [3.05, 3.63) is 65.7 Å². The van der Waals surface area contributed by atoms with Gasteiger partial charge >= 0.3 is 16.5 Å². The SMILES string of the molecule is CN(C)SSc1ccc(C(=O)C(=O)c2ccccc2)cc1.[Ni+2]. The zero-order valence-corrected chi connectivity index (χ0v) is 14.7. The van der Waals surface area contributed by atoms with Crippen molar-refractivity contribution in [3.63, 3.8) is 0 Å². The van der Waals surface area contributed by atoms with Crippen LogP contribution in [0.5, 0.6) is 0 Å². The van der Waals surface area contributed by atoms with E-state index < -0.39 is 11.6 Å². The summed E-state index contributed by atoms with van der Waals surface area (Å²) in [5.74, 6) is -0.948. The van der Waals surface area contributed by atoms with E-state index in [-0.39, 0.29) is 16.5 Å². The summed E-state index contributed by atoms with van der Waals surface area (Å²) in [5, 5.41) is 0. The fourth-order valence-corrected chi connectivity index (χ4v) is 3.15. The molecule has 0 aliphatic carbocycles. The van der Waals surface area contributed by atoms with Crippen LogP contribution >= 0.6 is 21.8 Å². The minimum Gasteiger partial charge on any atom is -0.285 e. The van der Waals surface area contributed by atoms with E-state index in [2.05, 4.69) is 0 Å². The van der Waals surface area contributed by atoms with Gasteiger partial charge < -0.3 is 0 Å². The van der Waals surface area contributed by atoms with Crippen molar-refractivity contribution < 1.29 is 26.1 Å². The molecule has 0 aliphatic rings. The van der Waals surface area contributed by atoms with Crippen molar-refractivity contribution in [2.24, 2.45) is 0 Å². The van der Waals surface area contributed by atoms with Gasteiger partial charge in [-0.05, 0) is 60.1 Å². The van der Waals surface area contributed by atoms with Crippen molar-refractivity contribution in [2.75, 3.05) is 14.1 Å². The summed E-state index contributed by atoms with van der Waals surface area (Å²) in [6.45, 7) is 0. The van der Waals surface area contributed by atoms with Crippen LogP contribution < -0.4 is 0 Å². The number of hydrogen-bond donors (Lipinski definition) is 0. The molecule has 0 saturated carbocycles. The average Bonchev–Trinajstić information content (AvgIpc) is 2.53. The van der Waals surface area contributed by atoms with Gasteiger partial charge in [0.1, 0.15) is 0 Å². The number of rotatable bonds is 6. The average molecular weight is 376 g/mol. The van der Waals surface area contributed by atoms with E-state index in [1.54, 1.807) is 58.2 Å². The molecule has 0 N–H and O–H groups in total. The summed E-state index contributed by atoms with van der Waals surface area (Å²) in [5.41, 5.74) is 0.840. The minimum absolute atomic E-state index is 0. The predicted molar refractivity (Wildman–Crippen MR) is 88.7 cm³/mol. The van der Waals surface area contributed by atoms with E-state index in [4.69, 9.17) is 0 Å². The summed E-state index contributed by atoms with van der Waals surface area (Å²) in [6.07, 6.45) is 0. The van der Waals surface area contributed by atoms with Gasteiger partial charge in [-0.3, -0.25) is 9.59 Å². The Morgan fingerprint density at radius 2 is 1.32 bits per heavy atom. The quantitative estimate of drug-likeness (QED) is 0.251. The molecule has 2 rings (SSSR count). The first-order chi connectivity index (χ1) is 10.1. The molecule has 3 nitrogen and oxygen atoms in total. The zero-order valence-electron chi connectivity index (χ0n) is 12.1. The van der Waals surface area contributed by atoms with E-state index in [0.29, 0.717) is 11.1 Å². The number of hydrogen-bond acceptors (Lipinski definition) is 5. The summed E-state index contributed by atoms with van der Waals surface area (Å²) < 4.78 is 1.99. The van der Waals surface area contributed by atoms with Gasteiger partial charge in [0.2, 0.25) is 11.6 Å². The summed E-state index contributed by atoms with van der Waals surface area (Å²) in [4.78, 5) is 25.3. The number of benzene rings is 2. The Bertz CT molecular complexity index is 630. The third-order valence-electron chi connectivity index (χ3n) is 2.64. The summed E-state index contributed by atoms with van der Waals surface area (Å²) >= 11 is 0. The standard InChI is InChI=1S/C16H15NO2S2.Ni/c1-17(2)21-20-14-10-8-13(9-11-14)16(19)15(18)12-6-4-3-5-7-12;/h3-11H,1-2H3;/q;+2. The molecule has 6 heteroatoms. The Morgan fingerprint density at radius 3 is 1.82 bits per heavy atom. The Kier molecular flexibility index (Phi) is 7.90. The van der Waals surface area contributed by atoms with Crippen LogP contribution in [0.4, 0.5) is 0 Å². The maximum Gasteiger partial charge on any atom is 2.00 e. The van der Waals surface area contributed by atoms with Crippen molar-refractivity contribution in [2.45, 2.75) is 4.90 Å². The van der Waals surface area contributed by atoms with Gasteiger partial charge in [0.25, 0.3) is 0 Å².